The molecule has 1 aliphatic heterocycles. The number of primary amides is 1. The standard InChI is InChI=1S/C21H26ClN3O5/c1-3-4-16-10-18(24-30-16)20(27)25-7-8-29-21(12-25,11-19(23)26)13-28-15-5-6-17(22)14(2)9-15/h5-6,9-10H,3-4,7-8,11-13H2,1-2H3,(H2,23,26)/t21-/m0/s1. The van der Waals surface area contributed by atoms with Crippen molar-refractivity contribution in [3.63, 3.8) is 0 Å². The second kappa shape index (κ2) is 9.49. The first-order valence-electron chi connectivity index (χ1n) is 9.88. The molecule has 2 heterocycles. The van der Waals surface area contributed by atoms with Crippen molar-refractivity contribution < 1.29 is 23.6 Å². The van der Waals surface area contributed by atoms with Crippen molar-refractivity contribution in [2.45, 2.75) is 38.7 Å². The maximum absolute atomic E-state index is 12.9. The minimum absolute atomic E-state index is 0.0562. The van der Waals surface area contributed by atoms with Crippen LogP contribution in [0, 0.1) is 6.92 Å². The number of halogens is 1. The van der Waals surface area contributed by atoms with E-state index in [1.54, 1.807) is 29.2 Å². The van der Waals surface area contributed by atoms with Gasteiger partial charge in [0, 0.05) is 24.1 Å². The molecule has 0 aliphatic carbocycles. The molecule has 9 heteroatoms. The van der Waals surface area contributed by atoms with Gasteiger partial charge in [0.05, 0.1) is 19.6 Å². The summed E-state index contributed by atoms with van der Waals surface area (Å²) in [6.07, 6.45) is 1.52. The number of carbonyl (C=O) groups is 2. The molecule has 0 radical (unpaired) electrons. The molecule has 3 rings (SSSR count). The Morgan fingerprint density at radius 1 is 1.37 bits per heavy atom. The molecule has 8 nitrogen and oxygen atoms in total. The number of nitrogens with two attached hydrogens (primary N) is 1. The zero-order chi connectivity index (χ0) is 21.7. The molecule has 0 unspecified atom stereocenters. The number of ether oxygens (including phenoxy) is 2. The van der Waals surface area contributed by atoms with E-state index in [4.69, 9.17) is 31.3 Å². The van der Waals surface area contributed by atoms with E-state index in [1.807, 2.05) is 13.8 Å². The quantitative estimate of drug-likeness (QED) is 0.683. The molecule has 0 bridgehead atoms. The molecule has 2 N–H and O–H groups in total. The molecule has 1 aliphatic rings. The molecular weight excluding hydrogens is 410 g/mol. The van der Waals surface area contributed by atoms with Crippen LogP contribution in [0.2, 0.25) is 5.02 Å². The van der Waals surface area contributed by atoms with Gasteiger partial charge in [-0.25, -0.2) is 0 Å². The Balaban J connectivity index is 1.74. The number of rotatable bonds is 8. The van der Waals surface area contributed by atoms with Gasteiger partial charge in [-0.05, 0) is 37.1 Å². The molecule has 1 fully saturated rings. The van der Waals surface area contributed by atoms with Crippen molar-refractivity contribution in [1.82, 2.24) is 10.1 Å². The molecule has 0 saturated carbocycles. The minimum atomic E-state index is -1.05. The topological polar surface area (TPSA) is 108 Å². The van der Waals surface area contributed by atoms with Crippen LogP contribution in [-0.4, -0.2) is 53.8 Å². The van der Waals surface area contributed by atoms with E-state index >= 15 is 0 Å². The number of carbonyl (C=O) groups excluding carboxylic acids is 2. The zero-order valence-corrected chi connectivity index (χ0v) is 17.9. The third-order valence-corrected chi connectivity index (χ3v) is 5.36. The fraction of sp³-hybridized carbons (Fsp3) is 0.476. The third kappa shape index (κ3) is 5.31. The molecular formula is C21H26ClN3O5. The monoisotopic (exact) mass is 435 g/mol. The Morgan fingerprint density at radius 3 is 2.87 bits per heavy atom. The molecule has 1 aromatic heterocycles. The molecule has 2 amide bonds. The second-order valence-corrected chi connectivity index (χ2v) is 7.94. The van der Waals surface area contributed by atoms with E-state index in [-0.39, 0.29) is 37.8 Å². The summed E-state index contributed by atoms with van der Waals surface area (Å²) < 4.78 is 17.0. The van der Waals surface area contributed by atoms with Crippen molar-refractivity contribution in [3.8, 4) is 5.75 Å². The predicted octanol–water partition coefficient (Wildman–Crippen LogP) is 2.75. The summed E-state index contributed by atoms with van der Waals surface area (Å²) in [5.74, 6) is 0.444. The Kier molecular flexibility index (Phi) is 6.99. The van der Waals surface area contributed by atoms with Gasteiger partial charge in [0.15, 0.2) is 5.69 Å². The zero-order valence-electron chi connectivity index (χ0n) is 17.2. The largest absolute Gasteiger partial charge is 0.490 e. The van der Waals surface area contributed by atoms with E-state index in [0.29, 0.717) is 29.5 Å². The van der Waals surface area contributed by atoms with Gasteiger partial charge in [0.1, 0.15) is 23.7 Å². The van der Waals surface area contributed by atoms with E-state index in [2.05, 4.69) is 5.16 Å². The smallest absolute Gasteiger partial charge is 0.276 e. The van der Waals surface area contributed by atoms with Crippen LogP contribution >= 0.6 is 11.6 Å². The molecule has 1 atom stereocenters. The first-order chi connectivity index (χ1) is 14.3. The minimum Gasteiger partial charge on any atom is -0.490 e. The summed E-state index contributed by atoms with van der Waals surface area (Å²) in [5, 5.41) is 4.52. The first-order valence-corrected chi connectivity index (χ1v) is 10.3. The highest BCUT2D eigenvalue weighted by atomic mass is 35.5. The van der Waals surface area contributed by atoms with Gasteiger partial charge in [0.25, 0.3) is 5.91 Å². The van der Waals surface area contributed by atoms with Gasteiger partial charge < -0.3 is 24.6 Å². The number of hydrogen-bond donors (Lipinski definition) is 1. The lowest BCUT2D eigenvalue weighted by Gasteiger charge is -2.41. The summed E-state index contributed by atoms with van der Waals surface area (Å²) in [4.78, 5) is 26.3. The van der Waals surface area contributed by atoms with Crippen LogP contribution in [0.15, 0.2) is 28.8 Å². The Hall–Kier alpha value is -2.58. The van der Waals surface area contributed by atoms with E-state index in [9.17, 15) is 9.59 Å². The Labute approximate surface area is 180 Å². The fourth-order valence-corrected chi connectivity index (χ4v) is 3.56. The molecule has 0 spiro atoms. The van der Waals surface area contributed by atoms with Crippen LogP contribution in [0.5, 0.6) is 5.75 Å². The number of aryl methyl sites for hydroxylation is 2. The SMILES string of the molecule is CCCc1cc(C(=O)N2CCO[C@@](COc3ccc(Cl)c(C)c3)(CC(N)=O)C2)no1. The van der Waals surface area contributed by atoms with Gasteiger partial charge in [-0.1, -0.05) is 23.7 Å². The lowest BCUT2D eigenvalue weighted by molar-refractivity contribution is -0.142. The molecule has 2 aromatic rings. The predicted molar refractivity (Wildman–Crippen MR) is 111 cm³/mol. The normalized spacial score (nSPS) is 19.0. The van der Waals surface area contributed by atoms with Gasteiger partial charge in [-0.15, -0.1) is 0 Å². The lowest BCUT2D eigenvalue weighted by atomic mass is 9.97. The summed E-state index contributed by atoms with van der Waals surface area (Å²) in [5.41, 5.74) is 5.52. The van der Waals surface area contributed by atoms with Crippen LogP contribution in [0.4, 0.5) is 0 Å². The van der Waals surface area contributed by atoms with Crippen molar-refractivity contribution >= 4 is 23.4 Å². The average Bonchev–Trinajstić information content (AvgIpc) is 3.17. The second-order valence-electron chi connectivity index (χ2n) is 7.53. The fourth-order valence-electron chi connectivity index (χ4n) is 3.44. The number of amides is 2. The number of hydrogen-bond acceptors (Lipinski definition) is 6. The highest BCUT2D eigenvalue weighted by Crippen LogP contribution is 2.27. The van der Waals surface area contributed by atoms with Gasteiger partial charge in [-0.3, -0.25) is 9.59 Å². The summed E-state index contributed by atoms with van der Waals surface area (Å²) >= 11 is 6.06. The molecule has 1 saturated heterocycles. The number of benzene rings is 1. The van der Waals surface area contributed by atoms with Crippen LogP contribution in [0.1, 0.15) is 41.6 Å². The summed E-state index contributed by atoms with van der Waals surface area (Å²) in [6.45, 7) is 4.72. The van der Waals surface area contributed by atoms with Crippen LogP contribution < -0.4 is 10.5 Å². The first kappa shape index (κ1) is 22.1. The van der Waals surface area contributed by atoms with Crippen molar-refractivity contribution in [2.75, 3.05) is 26.3 Å². The maximum Gasteiger partial charge on any atom is 0.276 e. The average molecular weight is 436 g/mol. The van der Waals surface area contributed by atoms with E-state index in [1.165, 1.54) is 0 Å². The summed E-state index contributed by atoms with van der Waals surface area (Å²) in [7, 11) is 0. The van der Waals surface area contributed by atoms with E-state index in [0.717, 1.165) is 12.0 Å². The van der Waals surface area contributed by atoms with Crippen LogP contribution in [0.25, 0.3) is 0 Å². The Morgan fingerprint density at radius 2 is 2.17 bits per heavy atom. The molecule has 1 aromatic carbocycles. The van der Waals surface area contributed by atoms with Crippen molar-refractivity contribution in [2.24, 2.45) is 5.73 Å². The number of aromatic nitrogens is 1. The highest BCUT2D eigenvalue weighted by Gasteiger charge is 2.41. The van der Waals surface area contributed by atoms with Gasteiger partial charge in [-0.2, -0.15) is 0 Å². The summed E-state index contributed by atoms with van der Waals surface area (Å²) in [6, 6.07) is 6.94. The van der Waals surface area contributed by atoms with Crippen LogP contribution in [-0.2, 0) is 16.0 Å². The molecule has 162 valence electrons. The van der Waals surface area contributed by atoms with Crippen molar-refractivity contribution in [1.29, 1.82) is 0 Å². The van der Waals surface area contributed by atoms with Crippen molar-refractivity contribution in [3.05, 3.63) is 46.3 Å². The Bertz CT molecular complexity index is 916. The maximum atomic E-state index is 12.9. The molecule has 30 heavy (non-hydrogen) atoms. The van der Waals surface area contributed by atoms with E-state index < -0.39 is 11.5 Å². The van der Waals surface area contributed by atoms with Gasteiger partial charge >= 0.3 is 0 Å². The van der Waals surface area contributed by atoms with Crippen LogP contribution in [0.3, 0.4) is 0 Å². The highest BCUT2D eigenvalue weighted by molar-refractivity contribution is 6.31. The third-order valence-electron chi connectivity index (χ3n) is 4.94. The lowest BCUT2D eigenvalue weighted by Crippen LogP contribution is -2.58. The number of morpholine rings is 1. The number of nitrogens with zero attached hydrogens (tertiary/aromatic N) is 2. The van der Waals surface area contributed by atoms with Gasteiger partial charge in [0.2, 0.25) is 5.91 Å².